The van der Waals surface area contributed by atoms with E-state index in [1.807, 2.05) is 45.0 Å². The molecule has 1 fully saturated rings. The number of amides is 1. The summed E-state index contributed by atoms with van der Waals surface area (Å²) in [5.41, 5.74) is 1.21. The zero-order valence-corrected chi connectivity index (χ0v) is 24.9. The fourth-order valence-corrected chi connectivity index (χ4v) is 4.83. The number of anilines is 3. The van der Waals surface area contributed by atoms with E-state index in [1.165, 1.54) is 0 Å². The summed E-state index contributed by atoms with van der Waals surface area (Å²) >= 11 is 6.30. The van der Waals surface area contributed by atoms with Crippen molar-refractivity contribution in [3.8, 4) is 17.4 Å². The van der Waals surface area contributed by atoms with Crippen molar-refractivity contribution in [2.75, 3.05) is 43.5 Å². The molecule has 5 rings (SSSR count). The fraction of sp³-hybridized carbons (Fsp3) is 0.333. The average molecular weight is 593 g/mol. The smallest absolute Gasteiger partial charge is 0.410 e. The van der Waals surface area contributed by atoms with Crippen LogP contribution in [0.1, 0.15) is 26.5 Å². The molecule has 3 heterocycles. The Hall–Kier alpha value is -4.51. The maximum absolute atomic E-state index is 12.9. The van der Waals surface area contributed by atoms with Gasteiger partial charge in [0.1, 0.15) is 22.9 Å². The number of rotatable bonds is 6. The lowest BCUT2D eigenvalue weighted by Gasteiger charge is -2.37. The van der Waals surface area contributed by atoms with Crippen LogP contribution in [0.5, 0.6) is 17.4 Å². The lowest BCUT2D eigenvalue weighted by atomic mass is 10.1. The molecule has 0 aliphatic carbocycles. The third kappa shape index (κ3) is 6.36. The Balaban J connectivity index is 1.41. The first-order valence-corrected chi connectivity index (χ1v) is 13.9. The number of nitrogens with one attached hydrogen (secondary N) is 2. The van der Waals surface area contributed by atoms with E-state index in [0.717, 1.165) is 5.69 Å². The van der Waals surface area contributed by atoms with Crippen molar-refractivity contribution in [1.82, 2.24) is 20.1 Å². The minimum atomic E-state index is -0.537. The molecule has 0 bridgehead atoms. The van der Waals surface area contributed by atoms with Gasteiger partial charge in [-0.3, -0.25) is 4.79 Å². The molecule has 0 spiro atoms. The lowest BCUT2D eigenvalue weighted by Crippen LogP contribution is -2.50. The Kier molecular flexibility index (Phi) is 8.13. The third-order valence-electron chi connectivity index (χ3n) is 6.72. The Morgan fingerprint density at radius 1 is 1.05 bits per heavy atom. The quantitative estimate of drug-likeness (QED) is 0.282. The zero-order valence-electron chi connectivity index (χ0n) is 24.2. The number of ether oxygens (including phenoxy) is 3. The van der Waals surface area contributed by atoms with Crippen molar-refractivity contribution in [2.45, 2.75) is 33.3 Å². The maximum atomic E-state index is 12.9. The minimum Gasteiger partial charge on any atom is -0.494 e. The van der Waals surface area contributed by atoms with E-state index in [1.54, 1.807) is 43.2 Å². The average Bonchev–Trinajstić information content (AvgIpc) is 2.95. The number of methoxy groups -OCH3 is 1. The van der Waals surface area contributed by atoms with Gasteiger partial charge in [-0.2, -0.15) is 10.1 Å². The predicted molar refractivity (Wildman–Crippen MR) is 163 cm³/mol. The number of aromatic amines is 1. The van der Waals surface area contributed by atoms with Crippen LogP contribution < -0.4 is 25.2 Å². The number of aromatic nitrogens is 3. The Labute approximate surface area is 248 Å². The third-order valence-corrected chi connectivity index (χ3v) is 7.04. The molecular formula is C30H33ClN6O5. The van der Waals surface area contributed by atoms with E-state index < -0.39 is 11.2 Å². The lowest BCUT2D eigenvalue weighted by molar-refractivity contribution is 0.0240. The second-order valence-corrected chi connectivity index (χ2v) is 11.3. The SMILES string of the molecule is COc1cc(N2CCN(C(=O)OC(C)(C)C)CC2)ccc1Nc1nc(Oc2ccccc2Cl)cc2c(C)n[nH]c(=O)c12. The standard InChI is InChI=1S/C30H33ClN6O5/c1-18-20-17-25(41-23-9-7-6-8-21(23)31)33-27(26(20)28(38)35-34-18)32-22-11-10-19(16-24(22)40-5)36-12-14-37(15-13-36)29(39)42-30(2,3)4/h6-11,16-17H,12-15H2,1-5H3,(H,32,33)(H,35,38). The topological polar surface area (TPSA) is 122 Å². The summed E-state index contributed by atoms with van der Waals surface area (Å²) < 4.78 is 17.2. The van der Waals surface area contributed by atoms with Crippen LogP contribution in [0.25, 0.3) is 10.8 Å². The van der Waals surface area contributed by atoms with Gasteiger partial charge in [0.05, 0.1) is 28.9 Å². The molecule has 12 heteroatoms. The van der Waals surface area contributed by atoms with Crippen LogP contribution in [-0.4, -0.2) is 65.1 Å². The molecule has 11 nitrogen and oxygen atoms in total. The Morgan fingerprint density at radius 3 is 2.48 bits per heavy atom. The molecule has 1 saturated heterocycles. The first-order chi connectivity index (χ1) is 20.0. The summed E-state index contributed by atoms with van der Waals surface area (Å²) in [6.07, 6.45) is -0.305. The molecule has 42 heavy (non-hydrogen) atoms. The summed E-state index contributed by atoms with van der Waals surface area (Å²) in [5, 5.41) is 11.2. The van der Waals surface area contributed by atoms with Crippen LogP contribution >= 0.6 is 11.6 Å². The molecule has 220 valence electrons. The van der Waals surface area contributed by atoms with E-state index in [0.29, 0.717) is 64.9 Å². The first kappa shape index (κ1) is 29.0. The predicted octanol–water partition coefficient (Wildman–Crippen LogP) is 5.88. The van der Waals surface area contributed by atoms with Crippen molar-refractivity contribution in [1.29, 1.82) is 0 Å². The molecule has 1 aliphatic rings. The minimum absolute atomic E-state index is 0.243. The van der Waals surface area contributed by atoms with Gasteiger partial charge < -0.3 is 29.3 Å². The number of piperazine rings is 1. The zero-order chi connectivity index (χ0) is 30.0. The molecular weight excluding hydrogens is 560 g/mol. The molecule has 2 aromatic carbocycles. The molecule has 0 saturated carbocycles. The fourth-order valence-electron chi connectivity index (χ4n) is 4.65. The van der Waals surface area contributed by atoms with Crippen molar-refractivity contribution < 1.29 is 19.0 Å². The van der Waals surface area contributed by atoms with Crippen molar-refractivity contribution in [3.63, 3.8) is 0 Å². The van der Waals surface area contributed by atoms with Crippen LogP contribution in [0.3, 0.4) is 0 Å². The number of H-pyrrole nitrogens is 1. The van der Waals surface area contributed by atoms with E-state index in [9.17, 15) is 9.59 Å². The van der Waals surface area contributed by atoms with Crippen LogP contribution in [-0.2, 0) is 4.74 Å². The summed E-state index contributed by atoms with van der Waals surface area (Å²) in [6, 6.07) is 14.5. The number of fused-ring (bicyclic) bond motifs is 1. The highest BCUT2D eigenvalue weighted by Gasteiger charge is 2.26. The number of nitrogens with zero attached hydrogens (tertiary/aromatic N) is 4. The van der Waals surface area contributed by atoms with E-state index in [4.69, 9.17) is 25.8 Å². The highest BCUT2D eigenvalue weighted by molar-refractivity contribution is 6.32. The van der Waals surface area contributed by atoms with Gasteiger partial charge in [-0.25, -0.2) is 9.89 Å². The molecule has 0 radical (unpaired) electrons. The van der Waals surface area contributed by atoms with E-state index in [-0.39, 0.29) is 17.8 Å². The van der Waals surface area contributed by atoms with Crippen molar-refractivity contribution >= 4 is 45.7 Å². The summed E-state index contributed by atoms with van der Waals surface area (Å²) in [5.74, 6) is 1.50. The van der Waals surface area contributed by atoms with Gasteiger partial charge in [-0.15, -0.1) is 0 Å². The normalized spacial score (nSPS) is 13.7. The summed E-state index contributed by atoms with van der Waals surface area (Å²) in [6.45, 7) is 9.74. The number of hydrogen-bond acceptors (Lipinski definition) is 9. The van der Waals surface area contributed by atoms with Crippen molar-refractivity contribution in [3.05, 3.63) is 69.6 Å². The number of pyridine rings is 1. The summed E-state index contributed by atoms with van der Waals surface area (Å²) in [7, 11) is 1.58. The van der Waals surface area contributed by atoms with Gasteiger partial charge in [-0.05, 0) is 52.0 Å². The van der Waals surface area contributed by atoms with Gasteiger partial charge in [0.15, 0.2) is 0 Å². The summed E-state index contributed by atoms with van der Waals surface area (Å²) in [4.78, 5) is 33.9. The van der Waals surface area contributed by atoms with Crippen LogP contribution in [0.2, 0.25) is 5.02 Å². The van der Waals surface area contributed by atoms with Gasteiger partial charge >= 0.3 is 6.09 Å². The number of para-hydroxylation sites is 1. The monoisotopic (exact) mass is 592 g/mol. The number of halogens is 1. The van der Waals surface area contributed by atoms with E-state index >= 15 is 0 Å². The molecule has 1 aliphatic heterocycles. The number of aryl methyl sites for hydroxylation is 1. The van der Waals surface area contributed by atoms with E-state index in [2.05, 4.69) is 25.4 Å². The molecule has 2 N–H and O–H groups in total. The van der Waals surface area contributed by atoms with Crippen LogP contribution in [0, 0.1) is 6.92 Å². The van der Waals surface area contributed by atoms with Crippen molar-refractivity contribution in [2.24, 2.45) is 0 Å². The van der Waals surface area contributed by atoms with Crippen LogP contribution in [0.15, 0.2) is 53.3 Å². The maximum Gasteiger partial charge on any atom is 0.410 e. The number of hydrogen-bond donors (Lipinski definition) is 2. The van der Waals surface area contributed by atoms with Gasteiger partial charge in [-0.1, -0.05) is 23.7 Å². The molecule has 1 amide bonds. The second-order valence-electron chi connectivity index (χ2n) is 10.9. The number of carbonyl (C=O) groups is 1. The first-order valence-electron chi connectivity index (χ1n) is 13.5. The van der Waals surface area contributed by atoms with Crippen LogP contribution in [0.4, 0.5) is 22.0 Å². The number of benzene rings is 2. The second kappa shape index (κ2) is 11.8. The number of carbonyl (C=O) groups excluding carboxylic acids is 1. The molecule has 0 unspecified atom stereocenters. The Morgan fingerprint density at radius 2 is 1.79 bits per heavy atom. The van der Waals surface area contributed by atoms with Gasteiger partial charge in [0.2, 0.25) is 5.88 Å². The largest absolute Gasteiger partial charge is 0.494 e. The molecule has 2 aromatic heterocycles. The van der Waals surface area contributed by atoms with Gasteiger partial charge in [0, 0.05) is 49.4 Å². The highest BCUT2D eigenvalue weighted by Crippen LogP contribution is 2.36. The Bertz CT molecular complexity index is 1680. The molecule has 4 aromatic rings. The highest BCUT2D eigenvalue weighted by atomic mass is 35.5. The molecule has 0 atom stereocenters. The van der Waals surface area contributed by atoms with Gasteiger partial charge in [0.25, 0.3) is 5.56 Å².